The fourth-order valence-electron chi connectivity index (χ4n) is 2.88. The van der Waals surface area contributed by atoms with Crippen LogP contribution in [0.25, 0.3) is 22.3 Å². The molecule has 1 heterocycles. The van der Waals surface area contributed by atoms with Crippen molar-refractivity contribution in [1.82, 2.24) is 0 Å². The summed E-state index contributed by atoms with van der Waals surface area (Å²) < 4.78 is 17.1. The third kappa shape index (κ3) is 3.70. The molecule has 0 fully saturated rings. The standard InChI is InChI=1S/C23H18O4/c1-25-18-9-5-8-17(12-18)22-14-21(24)20-11-10-19(13-23(20)27-22)26-15-16-6-3-2-4-7-16/h2-14H,15H2,1H3. The lowest BCUT2D eigenvalue weighted by Gasteiger charge is -2.08. The predicted octanol–water partition coefficient (Wildman–Crippen LogP) is 5.05. The Morgan fingerprint density at radius 1 is 0.852 bits per heavy atom. The van der Waals surface area contributed by atoms with Crippen LogP contribution >= 0.6 is 0 Å². The van der Waals surface area contributed by atoms with Gasteiger partial charge < -0.3 is 13.9 Å². The molecule has 0 bridgehead atoms. The van der Waals surface area contributed by atoms with Crippen molar-refractivity contribution in [2.24, 2.45) is 0 Å². The zero-order valence-corrected chi connectivity index (χ0v) is 14.8. The van der Waals surface area contributed by atoms with Gasteiger partial charge in [-0.05, 0) is 29.8 Å². The summed E-state index contributed by atoms with van der Waals surface area (Å²) in [5.74, 6) is 1.85. The molecule has 4 nitrogen and oxygen atoms in total. The van der Waals surface area contributed by atoms with Gasteiger partial charge in [-0.3, -0.25) is 4.79 Å². The Balaban J connectivity index is 1.68. The zero-order chi connectivity index (χ0) is 18.6. The molecule has 0 spiro atoms. The molecule has 0 unspecified atom stereocenters. The fourth-order valence-corrected chi connectivity index (χ4v) is 2.88. The number of benzene rings is 3. The van der Waals surface area contributed by atoms with Gasteiger partial charge in [0.2, 0.25) is 0 Å². The summed E-state index contributed by atoms with van der Waals surface area (Å²) in [6.45, 7) is 0.451. The number of hydrogen-bond acceptors (Lipinski definition) is 4. The van der Waals surface area contributed by atoms with Crippen LogP contribution < -0.4 is 14.9 Å². The molecule has 0 amide bonds. The normalized spacial score (nSPS) is 10.7. The van der Waals surface area contributed by atoms with Crippen molar-refractivity contribution in [2.45, 2.75) is 6.61 Å². The zero-order valence-electron chi connectivity index (χ0n) is 14.8. The Hall–Kier alpha value is -3.53. The van der Waals surface area contributed by atoms with Crippen molar-refractivity contribution in [3.8, 4) is 22.8 Å². The van der Waals surface area contributed by atoms with Crippen molar-refractivity contribution >= 4 is 11.0 Å². The van der Waals surface area contributed by atoms with Crippen LogP contribution in [-0.2, 0) is 6.61 Å². The Labute approximate surface area is 156 Å². The van der Waals surface area contributed by atoms with E-state index in [1.165, 1.54) is 6.07 Å². The van der Waals surface area contributed by atoms with E-state index in [0.717, 1.165) is 11.1 Å². The number of methoxy groups -OCH3 is 1. The molecule has 0 aliphatic rings. The molecular weight excluding hydrogens is 340 g/mol. The highest BCUT2D eigenvalue weighted by Gasteiger charge is 2.09. The molecule has 0 aliphatic carbocycles. The minimum atomic E-state index is -0.0938. The smallest absolute Gasteiger partial charge is 0.193 e. The number of ether oxygens (including phenoxy) is 2. The second-order valence-electron chi connectivity index (χ2n) is 6.14. The summed E-state index contributed by atoms with van der Waals surface area (Å²) in [5.41, 5.74) is 2.25. The van der Waals surface area contributed by atoms with Crippen molar-refractivity contribution in [3.63, 3.8) is 0 Å². The molecule has 27 heavy (non-hydrogen) atoms. The van der Waals surface area contributed by atoms with Gasteiger partial charge in [0.1, 0.15) is 29.4 Å². The van der Waals surface area contributed by atoms with Gasteiger partial charge in [0.05, 0.1) is 12.5 Å². The molecule has 0 aliphatic heterocycles. The molecule has 0 N–H and O–H groups in total. The molecule has 4 aromatic rings. The van der Waals surface area contributed by atoms with E-state index in [0.29, 0.717) is 34.8 Å². The Kier molecular flexibility index (Phi) is 4.62. The molecule has 134 valence electrons. The Bertz CT molecular complexity index is 1130. The van der Waals surface area contributed by atoms with E-state index in [2.05, 4.69) is 0 Å². The molecule has 0 radical (unpaired) electrons. The Morgan fingerprint density at radius 2 is 1.70 bits per heavy atom. The maximum absolute atomic E-state index is 12.5. The number of hydrogen-bond donors (Lipinski definition) is 0. The predicted molar refractivity (Wildman–Crippen MR) is 105 cm³/mol. The van der Waals surface area contributed by atoms with Crippen LogP contribution in [0, 0.1) is 0 Å². The minimum Gasteiger partial charge on any atom is -0.497 e. The van der Waals surface area contributed by atoms with Crippen LogP contribution in [0.2, 0.25) is 0 Å². The van der Waals surface area contributed by atoms with Crippen molar-refractivity contribution in [1.29, 1.82) is 0 Å². The summed E-state index contributed by atoms with van der Waals surface area (Å²) in [6, 6.07) is 24.1. The summed E-state index contributed by atoms with van der Waals surface area (Å²) in [5, 5.41) is 0.522. The number of rotatable bonds is 5. The van der Waals surface area contributed by atoms with Gasteiger partial charge in [0.25, 0.3) is 0 Å². The molecule has 0 saturated heterocycles. The first-order valence-electron chi connectivity index (χ1n) is 8.62. The van der Waals surface area contributed by atoms with E-state index in [-0.39, 0.29) is 5.43 Å². The van der Waals surface area contributed by atoms with Gasteiger partial charge in [0.15, 0.2) is 5.43 Å². The molecular formula is C23H18O4. The molecule has 0 atom stereocenters. The van der Waals surface area contributed by atoms with E-state index < -0.39 is 0 Å². The van der Waals surface area contributed by atoms with Gasteiger partial charge >= 0.3 is 0 Å². The van der Waals surface area contributed by atoms with Crippen molar-refractivity contribution in [3.05, 3.63) is 94.6 Å². The first-order valence-corrected chi connectivity index (χ1v) is 8.62. The van der Waals surface area contributed by atoms with Crippen LogP contribution in [-0.4, -0.2) is 7.11 Å². The fraction of sp³-hybridized carbons (Fsp3) is 0.0870. The lowest BCUT2D eigenvalue weighted by molar-refractivity contribution is 0.306. The van der Waals surface area contributed by atoms with Gasteiger partial charge in [-0.1, -0.05) is 42.5 Å². The van der Waals surface area contributed by atoms with Crippen LogP contribution in [0.5, 0.6) is 11.5 Å². The van der Waals surface area contributed by atoms with Crippen LogP contribution in [0.15, 0.2) is 88.1 Å². The van der Waals surface area contributed by atoms with E-state index in [1.54, 1.807) is 25.3 Å². The summed E-state index contributed by atoms with van der Waals surface area (Å²) in [7, 11) is 1.60. The minimum absolute atomic E-state index is 0.0938. The summed E-state index contributed by atoms with van der Waals surface area (Å²) in [6.07, 6.45) is 0. The quantitative estimate of drug-likeness (QED) is 0.501. The lowest BCUT2D eigenvalue weighted by atomic mass is 10.1. The van der Waals surface area contributed by atoms with Crippen LogP contribution in [0.4, 0.5) is 0 Å². The molecule has 0 saturated carbocycles. The second-order valence-corrected chi connectivity index (χ2v) is 6.14. The van der Waals surface area contributed by atoms with Crippen LogP contribution in [0.1, 0.15) is 5.56 Å². The highest BCUT2D eigenvalue weighted by molar-refractivity contribution is 5.80. The SMILES string of the molecule is COc1cccc(-c2cc(=O)c3ccc(OCc4ccccc4)cc3o2)c1. The van der Waals surface area contributed by atoms with Crippen molar-refractivity contribution in [2.75, 3.05) is 7.11 Å². The third-order valence-electron chi connectivity index (χ3n) is 4.30. The first kappa shape index (κ1) is 16.9. The maximum Gasteiger partial charge on any atom is 0.193 e. The largest absolute Gasteiger partial charge is 0.497 e. The number of fused-ring (bicyclic) bond motifs is 1. The average molecular weight is 358 g/mol. The lowest BCUT2D eigenvalue weighted by Crippen LogP contribution is -2.01. The van der Waals surface area contributed by atoms with Crippen molar-refractivity contribution < 1.29 is 13.9 Å². The molecule has 3 aromatic carbocycles. The van der Waals surface area contributed by atoms with Gasteiger partial charge in [0, 0.05) is 17.7 Å². The molecule has 4 rings (SSSR count). The van der Waals surface area contributed by atoms with E-state index in [4.69, 9.17) is 13.9 Å². The monoisotopic (exact) mass is 358 g/mol. The van der Waals surface area contributed by atoms with E-state index in [1.807, 2.05) is 54.6 Å². The Morgan fingerprint density at radius 3 is 2.52 bits per heavy atom. The second kappa shape index (κ2) is 7.38. The van der Waals surface area contributed by atoms with E-state index >= 15 is 0 Å². The average Bonchev–Trinajstić information content (AvgIpc) is 2.72. The topological polar surface area (TPSA) is 48.7 Å². The third-order valence-corrected chi connectivity index (χ3v) is 4.30. The van der Waals surface area contributed by atoms with Crippen LogP contribution in [0.3, 0.4) is 0 Å². The molecule has 1 aromatic heterocycles. The summed E-state index contributed by atoms with van der Waals surface area (Å²) in [4.78, 5) is 12.5. The van der Waals surface area contributed by atoms with Gasteiger partial charge in [-0.25, -0.2) is 0 Å². The molecule has 4 heteroatoms. The highest BCUT2D eigenvalue weighted by Crippen LogP contribution is 2.27. The van der Waals surface area contributed by atoms with E-state index in [9.17, 15) is 4.79 Å². The highest BCUT2D eigenvalue weighted by atomic mass is 16.5. The maximum atomic E-state index is 12.5. The first-order chi connectivity index (χ1) is 13.2. The van der Waals surface area contributed by atoms with Gasteiger partial charge in [-0.15, -0.1) is 0 Å². The van der Waals surface area contributed by atoms with Gasteiger partial charge in [-0.2, -0.15) is 0 Å². The summed E-state index contributed by atoms with van der Waals surface area (Å²) >= 11 is 0.